The molecule has 30 heavy (non-hydrogen) atoms. The van der Waals surface area contributed by atoms with Gasteiger partial charge in [0.2, 0.25) is 10.0 Å². The highest BCUT2D eigenvalue weighted by Crippen LogP contribution is 2.36. The van der Waals surface area contributed by atoms with Gasteiger partial charge in [0.15, 0.2) is 0 Å². The molecule has 0 aliphatic carbocycles. The molecule has 1 fully saturated rings. The van der Waals surface area contributed by atoms with Crippen LogP contribution in [0.4, 0.5) is 5.69 Å². The van der Waals surface area contributed by atoms with E-state index in [4.69, 9.17) is 25.8 Å². The molecule has 1 saturated heterocycles. The third-order valence-corrected chi connectivity index (χ3v) is 6.97. The van der Waals surface area contributed by atoms with E-state index in [0.717, 1.165) is 0 Å². The second kappa shape index (κ2) is 9.22. The van der Waals surface area contributed by atoms with E-state index in [2.05, 4.69) is 5.32 Å². The zero-order chi connectivity index (χ0) is 21.9. The topological polar surface area (TPSA) is 94.2 Å². The maximum absolute atomic E-state index is 13.0. The lowest BCUT2D eigenvalue weighted by Crippen LogP contribution is -2.40. The van der Waals surface area contributed by atoms with Crippen LogP contribution in [0.15, 0.2) is 35.2 Å². The summed E-state index contributed by atoms with van der Waals surface area (Å²) in [6.45, 7) is 2.98. The van der Waals surface area contributed by atoms with Crippen molar-refractivity contribution in [2.24, 2.45) is 0 Å². The van der Waals surface area contributed by atoms with Gasteiger partial charge in [-0.15, -0.1) is 0 Å². The Morgan fingerprint density at radius 3 is 2.40 bits per heavy atom. The number of aryl methyl sites for hydroxylation is 1. The SMILES string of the molecule is COc1cc(NC(=O)c2cc(S(=O)(=O)N3CCOCC3)ccc2C)c(OC)cc1Cl. The minimum atomic E-state index is -3.73. The lowest BCUT2D eigenvalue weighted by molar-refractivity contribution is 0.0730. The lowest BCUT2D eigenvalue weighted by Gasteiger charge is -2.26. The van der Waals surface area contributed by atoms with E-state index in [1.165, 1.54) is 36.7 Å². The van der Waals surface area contributed by atoms with Crippen LogP contribution in [0.2, 0.25) is 5.02 Å². The van der Waals surface area contributed by atoms with Gasteiger partial charge in [-0.05, 0) is 24.6 Å². The van der Waals surface area contributed by atoms with Crippen LogP contribution in [-0.4, -0.2) is 59.2 Å². The van der Waals surface area contributed by atoms with Crippen molar-refractivity contribution in [3.05, 3.63) is 46.5 Å². The monoisotopic (exact) mass is 454 g/mol. The maximum Gasteiger partial charge on any atom is 0.256 e. The number of morpholine rings is 1. The Kier molecular flexibility index (Phi) is 6.87. The number of benzene rings is 2. The minimum Gasteiger partial charge on any atom is -0.495 e. The highest BCUT2D eigenvalue weighted by molar-refractivity contribution is 7.89. The summed E-state index contributed by atoms with van der Waals surface area (Å²) in [6, 6.07) is 7.57. The zero-order valence-corrected chi connectivity index (χ0v) is 18.5. The number of ether oxygens (including phenoxy) is 3. The van der Waals surface area contributed by atoms with Gasteiger partial charge in [-0.25, -0.2) is 8.42 Å². The van der Waals surface area contributed by atoms with Crippen molar-refractivity contribution in [3.63, 3.8) is 0 Å². The van der Waals surface area contributed by atoms with Crippen LogP contribution in [0.1, 0.15) is 15.9 Å². The molecule has 0 bridgehead atoms. The van der Waals surface area contributed by atoms with Crippen LogP contribution in [0.5, 0.6) is 11.5 Å². The maximum atomic E-state index is 13.0. The molecule has 0 radical (unpaired) electrons. The summed E-state index contributed by atoms with van der Waals surface area (Å²) in [5, 5.41) is 3.08. The third kappa shape index (κ3) is 4.54. The van der Waals surface area contributed by atoms with E-state index in [9.17, 15) is 13.2 Å². The normalized spacial score (nSPS) is 14.9. The summed E-state index contributed by atoms with van der Waals surface area (Å²) in [4.78, 5) is 13.0. The molecule has 1 N–H and O–H groups in total. The van der Waals surface area contributed by atoms with Gasteiger partial charge in [0, 0.05) is 30.8 Å². The quantitative estimate of drug-likeness (QED) is 0.721. The minimum absolute atomic E-state index is 0.0563. The highest BCUT2D eigenvalue weighted by Gasteiger charge is 2.27. The molecule has 10 heteroatoms. The van der Waals surface area contributed by atoms with Crippen LogP contribution in [0, 0.1) is 6.92 Å². The van der Waals surface area contributed by atoms with E-state index in [0.29, 0.717) is 41.0 Å². The number of anilines is 1. The van der Waals surface area contributed by atoms with Gasteiger partial charge in [-0.1, -0.05) is 17.7 Å². The molecule has 1 amide bonds. The Morgan fingerprint density at radius 1 is 1.10 bits per heavy atom. The average Bonchev–Trinajstić information content (AvgIpc) is 2.75. The number of nitrogens with zero attached hydrogens (tertiary/aromatic N) is 1. The molecule has 1 aliphatic heterocycles. The van der Waals surface area contributed by atoms with Crippen LogP contribution in [0.3, 0.4) is 0 Å². The number of carbonyl (C=O) groups excluding carboxylic acids is 1. The van der Waals surface area contributed by atoms with Crippen LogP contribution >= 0.6 is 11.6 Å². The van der Waals surface area contributed by atoms with Crippen molar-refractivity contribution in [1.29, 1.82) is 0 Å². The number of sulfonamides is 1. The fraction of sp³-hybridized carbons (Fsp3) is 0.350. The molecule has 0 unspecified atom stereocenters. The van der Waals surface area contributed by atoms with Gasteiger partial charge in [0.25, 0.3) is 5.91 Å². The van der Waals surface area contributed by atoms with Crippen molar-refractivity contribution < 1.29 is 27.4 Å². The Labute approximate surface area is 180 Å². The van der Waals surface area contributed by atoms with Crippen LogP contribution in [-0.2, 0) is 14.8 Å². The first-order chi connectivity index (χ1) is 14.3. The zero-order valence-electron chi connectivity index (χ0n) is 16.9. The van der Waals surface area contributed by atoms with Crippen molar-refractivity contribution >= 4 is 33.2 Å². The summed E-state index contributed by atoms with van der Waals surface area (Å²) in [5.74, 6) is 0.242. The lowest BCUT2D eigenvalue weighted by atomic mass is 10.1. The number of halogens is 1. The molecule has 8 nitrogen and oxygen atoms in total. The third-order valence-electron chi connectivity index (χ3n) is 4.78. The van der Waals surface area contributed by atoms with Crippen molar-refractivity contribution in [1.82, 2.24) is 4.31 Å². The van der Waals surface area contributed by atoms with Gasteiger partial charge < -0.3 is 19.5 Å². The summed E-state index contributed by atoms with van der Waals surface area (Å²) in [7, 11) is -0.811. The van der Waals surface area contributed by atoms with Gasteiger partial charge in [-0.2, -0.15) is 4.31 Å². The van der Waals surface area contributed by atoms with Crippen molar-refractivity contribution in [2.75, 3.05) is 45.8 Å². The standard InChI is InChI=1S/C20H23ClN2O6S/c1-13-4-5-14(30(25,26)23-6-8-29-9-7-23)10-15(13)20(24)22-17-12-18(27-2)16(21)11-19(17)28-3/h4-5,10-12H,6-9H2,1-3H3,(H,22,24). The Hall–Kier alpha value is -2.33. The Morgan fingerprint density at radius 2 is 1.77 bits per heavy atom. The molecule has 2 aromatic carbocycles. The van der Waals surface area contributed by atoms with Crippen molar-refractivity contribution in [3.8, 4) is 11.5 Å². The van der Waals surface area contributed by atoms with Crippen LogP contribution < -0.4 is 14.8 Å². The summed E-state index contributed by atoms with van der Waals surface area (Å²) < 4.78 is 42.9. The van der Waals surface area contributed by atoms with E-state index in [1.54, 1.807) is 19.1 Å². The Balaban J connectivity index is 1.93. The predicted molar refractivity (Wildman–Crippen MR) is 113 cm³/mol. The van der Waals surface area contributed by atoms with Crippen LogP contribution in [0.25, 0.3) is 0 Å². The number of hydrogen-bond acceptors (Lipinski definition) is 6. The first-order valence-electron chi connectivity index (χ1n) is 9.19. The molecule has 0 atom stereocenters. The number of carbonyl (C=O) groups is 1. The van der Waals surface area contributed by atoms with E-state index in [1.807, 2.05) is 0 Å². The number of amides is 1. The summed E-state index contributed by atoms with van der Waals surface area (Å²) in [5.41, 5.74) is 1.22. The number of hydrogen-bond donors (Lipinski definition) is 1. The van der Waals surface area contributed by atoms with Gasteiger partial charge >= 0.3 is 0 Å². The van der Waals surface area contributed by atoms with E-state index < -0.39 is 15.9 Å². The molecule has 0 aromatic heterocycles. The second-order valence-corrected chi connectivity index (χ2v) is 8.98. The first kappa shape index (κ1) is 22.4. The van der Waals surface area contributed by atoms with Gasteiger partial charge in [-0.3, -0.25) is 4.79 Å². The van der Waals surface area contributed by atoms with Gasteiger partial charge in [0.05, 0.1) is 43.0 Å². The highest BCUT2D eigenvalue weighted by atomic mass is 35.5. The second-order valence-electron chi connectivity index (χ2n) is 6.63. The Bertz CT molecular complexity index is 1050. The number of nitrogens with one attached hydrogen (secondary N) is 1. The van der Waals surface area contributed by atoms with Gasteiger partial charge in [0.1, 0.15) is 11.5 Å². The number of rotatable bonds is 6. The van der Waals surface area contributed by atoms with E-state index in [-0.39, 0.29) is 23.5 Å². The summed E-state index contributed by atoms with van der Waals surface area (Å²) in [6.07, 6.45) is 0. The predicted octanol–water partition coefficient (Wildman–Crippen LogP) is 2.94. The molecule has 0 saturated carbocycles. The average molecular weight is 455 g/mol. The molecular formula is C20H23ClN2O6S. The molecule has 3 rings (SSSR count). The largest absolute Gasteiger partial charge is 0.495 e. The molecule has 2 aromatic rings. The number of methoxy groups -OCH3 is 2. The molecule has 1 aliphatic rings. The molecule has 162 valence electrons. The van der Waals surface area contributed by atoms with E-state index >= 15 is 0 Å². The fourth-order valence-electron chi connectivity index (χ4n) is 3.09. The molecular weight excluding hydrogens is 432 g/mol. The molecule has 1 heterocycles. The summed E-state index contributed by atoms with van der Waals surface area (Å²) >= 11 is 6.11. The smallest absolute Gasteiger partial charge is 0.256 e. The fourth-order valence-corrected chi connectivity index (χ4v) is 4.76. The van der Waals surface area contributed by atoms with Crippen molar-refractivity contribution in [2.45, 2.75) is 11.8 Å². The first-order valence-corrected chi connectivity index (χ1v) is 11.0. The molecule has 0 spiro atoms.